The van der Waals surface area contributed by atoms with Crippen LogP contribution in [0.25, 0.3) is 6.08 Å². The number of methoxy groups -OCH3 is 1. The number of carbonyl (C=O) groups is 1. The van der Waals surface area contributed by atoms with Crippen molar-refractivity contribution < 1.29 is 22.1 Å². The number of carbonyl (C=O) groups excluding carboxylic acids is 1. The van der Waals surface area contributed by atoms with Gasteiger partial charge in [-0.25, -0.2) is 0 Å². The van der Waals surface area contributed by atoms with Gasteiger partial charge in [0, 0.05) is 5.69 Å². The minimum Gasteiger partial charge on any atom is -0.493 e. The summed E-state index contributed by atoms with van der Waals surface area (Å²) in [5, 5.41) is 12.1. The van der Waals surface area contributed by atoms with E-state index in [-0.39, 0.29) is 22.0 Å². The van der Waals surface area contributed by atoms with Gasteiger partial charge >= 0.3 is 10.1 Å². The maximum Gasteiger partial charge on any atom is 0.339 e. The number of aryl methyl sites for hydroxylation is 1. The van der Waals surface area contributed by atoms with Gasteiger partial charge in [0.15, 0.2) is 11.5 Å². The van der Waals surface area contributed by atoms with E-state index in [0.29, 0.717) is 11.3 Å². The Labute approximate surface area is 186 Å². The van der Waals surface area contributed by atoms with E-state index >= 15 is 0 Å². The van der Waals surface area contributed by atoms with E-state index in [1.165, 1.54) is 43.5 Å². The van der Waals surface area contributed by atoms with Gasteiger partial charge in [-0.3, -0.25) is 4.79 Å². The van der Waals surface area contributed by atoms with E-state index in [1.807, 2.05) is 19.1 Å². The summed E-state index contributed by atoms with van der Waals surface area (Å²) in [6.07, 6.45) is 1.38. The number of nitrogens with zero attached hydrogens (tertiary/aromatic N) is 1. The number of anilines is 1. The SMILES string of the molecule is COc1cc(/C=C(\C#N)C(=O)Nc2cccc(C)c2)ccc1OS(=O)(=O)c1ccccc1. The molecule has 0 aliphatic heterocycles. The molecule has 7 nitrogen and oxygen atoms in total. The zero-order valence-corrected chi connectivity index (χ0v) is 18.2. The summed E-state index contributed by atoms with van der Waals surface area (Å²) in [6, 6.07) is 21.2. The minimum atomic E-state index is -4.05. The topological polar surface area (TPSA) is 105 Å². The molecule has 3 rings (SSSR count). The van der Waals surface area contributed by atoms with Gasteiger partial charge in [0.2, 0.25) is 0 Å². The predicted molar refractivity (Wildman–Crippen MR) is 121 cm³/mol. The zero-order chi connectivity index (χ0) is 23.1. The first-order chi connectivity index (χ1) is 15.3. The summed E-state index contributed by atoms with van der Waals surface area (Å²) in [4.78, 5) is 12.5. The largest absolute Gasteiger partial charge is 0.493 e. The maximum atomic E-state index is 12.5. The standard InChI is InChI=1S/C24H20N2O5S/c1-17-7-6-8-20(13-17)26-24(27)19(16-25)14-18-11-12-22(23(15-18)30-2)31-32(28,29)21-9-4-3-5-10-21/h3-15H,1-2H3,(H,26,27)/b19-14+. The Hall–Kier alpha value is -4.09. The molecular weight excluding hydrogens is 428 g/mol. The Bertz CT molecular complexity index is 1310. The van der Waals surface area contributed by atoms with Crippen molar-refractivity contribution in [3.63, 3.8) is 0 Å². The van der Waals surface area contributed by atoms with Crippen molar-refractivity contribution in [3.05, 3.63) is 89.5 Å². The third kappa shape index (κ3) is 5.53. The Morgan fingerprint density at radius 2 is 1.75 bits per heavy atom. The van der Waals surface area contributed by atoms with E-state index < -0.39 is 16.0 Å². The van der Waals surface area contributed by atoms with Crippen LogP contribution in [0.4, 0.5) is 5.69 Å². The van der Waals surface area contributed by atoms with Crippen LogP contribution in [0, 0.1) is 18.3 Å². The summed E-state index contributed by atoms with van der Waals surface area (Å²) in [5.74, 6) is -0.449. The van der Waals surface area contributed by atoms with Crippen molar-refractivity contribution in [1.29, 1.82) is 5.26 Å². The minimum absolute atomic E-state index is 0.00520. The molecule has 0 fully saturated rings. The lowest BCUT2D eigenvalue weighted by Gasteiger charge is -2.11. The fourth-order valence-electron chi connectivity index (χ4n) is 2.83. The van der Waals surface area contributed by atoms with Gasteiger partial charge in [0.1, 0.15) is 16.5 Å². The smallest absolute Gasteiger partial charge is 0.339 e. The molecule has 0 bridgehead atoms. The molecule has 3 aromatic rings. The third-order valence-electron chi connectivity index (χ3n) is 4.37. The van der Waals surface area contributed by atoms with Crippen molar-refractivity contribution in [1.82, 2.24) is 0 Å². The van der Waals surface area contributed by atoms with Gasteiger partial charge in [0.25, 0.3) is 5.91 Å². The van der Waals surface area contributed by atoms with Crippen LogP contribution in [0.3, 0.4) is 0 Å². The van der Waals surface area contributed by atoms with Gasteiger partial charge in [-0.2, -0.15) is 13.7 Å². The molecule has 162 valence electrons. The fraction of sp³-hybridized carbons (Fsp3) is 0.0833. The Morgan fingerprint density at radius 3 is 2.41 bits per heavy atom. The first-order valence-corrected chi connectivity index (χ1v) is 10.9. The van der Waals surface area contributed by atoms with E-state index in [1.54, 1.807) is 36.4 Å². The molecule has 0 aromatic heterocycles. The zero-order valence-electron chi connectivity index (χ0n) is 17.4. The number of rotatable bonds is 7. The second-order valence-corrected chi connectivity index (χ2v) is 8.30. The van der Waals surface area contributed by atoms with Crippen LogP contribution in [-0.4, -0.2) is 21.4 Å². The summed E-state index contributed by atoms with van der Waals surface area (Å²) < 4.78 is 35.4. The van der Waals surface area contributed by atoms with E-state index in [9.17, 15) is 18.5 Å². The van der Waals surface area contributed by atoms with Gasteiger partial charge in [-0.05, 0) is 60.5 Å². The lowest BCUT2D eigenvalue weighted by atomic mass is 10.1. The van der Waals surface area contributed by atoms with Gasteiger partial charge in [0.05, 0.1) is 7.11 Å². The van der Waals surface area contributed by atoms with Crippen molar-refractivity contribution in [2.24, 2.45) is 0 Å². The Balaban J connectivity index is 1.84. The number of nitriles is 1. The average Bonchev–Trinajstić information content (AvgIpc) is 2.78. The molecule has 1 N–H and O–H groups in total. The molecule has 0 aliphatic carbocycles. The number of ether oxygens (including phenoxy) is 1. The highest BCUT2D eigenvalue weighted by molar-refractivity contribution is 7.87. The molecular formula is C24H20N2O5S. The molecule has 0 spiro atoms. The number of amides is 1. The fourth-order valence-corrected chi connectivity index (χ4v) is 3.79. The highest BCUT2D eigenvalue weighted by Crippen LogP contribution is 2.31. The first-order valence-electron chi connectivity index (χ1n) is 9.50. The number of hydrogen-bond donors (Lipinski definition) is 1. The van der Waals surface area contributed by atoms with Crippen LogP contribution >= 0.6 is 0 Å². The summed E-state index contributed by atoms with van der Waals surface area (Å²) in [7, 11) is -2.69. The van der Waals surface area contributed by atoms with Crippen LogP contribution in [0.1, 0.15) is 11.1 Å². The number of hydrogen-bond acceptors (Lipinski definition) is 6. The summed E-state index contributed by atoms with van der Waals surface area (Å²) in [6.45, 7) is 1.89. The molecule has 0 saturated heterocycles. The predicted octanol–water partition coefficient (Wildman–Crippen LogP) is 4.32. The van der Waals surface area contributed by atoms with Crippen molar-refractivity contribution in [2.75, 3.05) is 12.4 Å². The highest BCUT2D eigenvalue weighted by Gasteiger charge is 2.19. The number of nitrogens with one attached hydrogen (secondary N) is 1. The van der Waals surface area contributed by atoms with Gasteiger partial charge < -0.3 is 14.2 Å². The van der Waals surface area contributed by atoms with Crippen LogP contribution in [0.2, 0.25) is 0 Å². The normalized spacial score (nSPS) is 11.3. The molecule has 0 atom stereocenters. The van der Waals surface area contributed by atoms with E-state index in [2.05, 4.69) is 5.32 Å². The molecule has 0 heterocycles. The monoisotopic (exact) mass is 448 g/mol. The quantitative estimate of drug-likeness (QED) is 0.328. The Kier molecular flexibility index (Phi) is 6.93. The molecule has 3 aromatic carbocycles. The summed E-state index contributed by atoms with van der Waals surface area (Å²) in [5.41, 5.74) is 1.88. The molecule has 0 radical (unpaired) electrons. The van der Waals surface area contributed by atoms with Crippen molar-refractivity contribution >= 4 is 27.8 Å². The number of benzene rings is 3. The van der Waals surface area contributed by atoms with Crippen LogP contribution < -0.4 is 14.2 Å². The maximum absolute atomic E-state index is 12.5. The van der Waals surface area contributed by atoms with Gasteiger partial charge in [-0.1, -0.05) is 36.4 Å². The van der Waals surface area contributed by atoms with E-state index in [4.69, 9.17) is 8.92 Å². The third-order valence-corrected chi connectivity index (χ3v) is 5.62. The molecule has 1 amide bonds. The van der Waals surface area contributed by atoms with Crippen LogP contribution in [0.15, 0.2) is 83.3 Å². The van der Waals surface area contributed by atoms with Crippen LogP contribution in [0.5, 0.6) is 11.5 Å². The van der Waals surface area contributed by atoms with Crippen molar-refractivity contribution in [3.8, 4) is 17.6 Å². The van der Waals surface area contributed by atoms with Gasteiger partial charge in [-0.15, -0.1) is 0 Å². The first kappa shape index (κ1) is 22.6. The Morgan fingerprint density at radius 1 is 1.00 bits per heavy atom. The molecule has 0 aliphatic rings. The second kappa shape index (κ2) is 9.81. The molecule has 8 heteroatoms. The summed E-state index contributed by atoms with van der Waals surface area (Å²) >= 11 is 0. The lowest BCUT2D eigenvalue weighted by molar-refractivity contribution is -0.112. The van der Waals surface area contributed by atoms with E-state index in [0.717, 1.165) is 5.56 Å². The molecule has 0 unspecified atom stereocenters. The lowest BCUT2D eigenvalue weighted by Crippen LogP contribution is -2.13. The molecule has 32 heavy (non-hydrogen) atoms. The average molecular weight is 449 g/mol. The molecule has 0 saturated carbocycles. The van der Waals surface area contributed by atoms with Crippen molar-refractivity contribution in [2.45, 2.75) is 11.8 Å². The highest BCUT2D eigenvalue weighted by atomic mass is 32.2. The van der Waals surface area contributed by atoms with Crippen LogP contribution in [-0.2, 0) is 14.9 Å². The second-order valence-electron chi connectivity index (χ2n) is 6.75.